The van der Waals surface area contributed by atoms with Crippen molar-refractivity contribution in [1.82, 2.24) is 4.90 Å². The minimum absolute atomic E-state index is 0.118. The molecule has 0 saturated carbocycles. The highest BCUT2D eigenvalue weighted by Crippen LogP contribution is 2.28. The fraction of sp³-hybridized carbons (Fsp3) is 0.500. The maximum atomic E-state index is 14.0. The summed E-state index contributed by atoms with van der Waals surface area (Å²) in [6.45, 7) is 1.12. The first-order valence-corrected chi connectivity index (χ1v) is 6.54. The van der Waals surface area contributed by atoms with E-state index >= 15 is 0 Å². The zero-order valence-electron chi connectivity index (χ0n) is 11.6. The molecule has 1 aromatic carbocycles. The van der Waals surface area contributed by atoms with E-state index in [2.05, 4.69) is 4.90 Å². The summed E-state index contributed by atoms with van der Waals surface area (Å²) < 4.78 is 27.9. The molecule has 1 aliphatic rings. The number of nitrogens with zero attached hydrogens (tertiary/aromatic N) is 2. The molecule has 0 aliphatic carbocycles. The normalized spacial score (nSPS) is 16.8. The van der Waals surface area contributed by atoms with Gasteiger partial charge in [-0.3, -0.25) is 0 Å². The fourth-order valence-electron chi connectivity index (χ4n) is 2.60. The van der Waals surface area contributed by atoms with Gasteiger partial charge < -0.3 is 14.9 Å². The van der Waals surface area contributed by atoms with E-state index in [0.29, 0.717) is 19.1 Å². The van der Waals surface area contributed by atoms with Crippen LogP contribution in [0.25, 0.3) is 0 Å². The Hall–Kier alpha value is -1.69. The fourth-order valence-corrected chi connectivity index (χ4v) is 2.60. The molecule has 0 amide bonds. The Labute approximate surface area is 116 Å². The SMILES string of the molecule is CN(C)C1CCN(c2c(F)cc(C(=O)O)cc2F)CC1. The number of piperidine rings is 1. The van der Waals surface area contributed by atoms with Crippen molar-refractivity contribution >= 4 is 11.7 Å². The van der Waals surface area contributed by atoms with E-state index in [1.807, 2.05) is 14.1 Å². The smallest absolute Gasteiger partial charge is 0.335 e. The monoisotopic (exact) mass is 284 g/mol. The zero-order chi connectivity index (χ0) is 14.9. The lowest BCUT2D eigenvalue weighted by atomic mass is 10.0. The average molecular weight is 284 g/mol. The van der Waals surface area contributed by atoms with Crippen LogP contribution in [-0.4, -0.2) is 49.2 Å². The van der Waals surface area contributed by atoms with Gasteiger partial charge in [0.25, 0.3) is 0 Å². The first-order valence-electron chi connectivity index (χ1n) is 6.54. The van der Waals surface area contributed by atoms with Gasteiger partial charge in [-0.15, -0.1) is 0 Å². The van der Waals surface area contributed by atoms with Gasteiger partial charge in [-0.2, -0.15) is 0 Å². The lowest BCUT2D eigenvalue weighted by Gasteiger charge is -2.36. The van der Waals surface area contributed by atoms with Gasteiger partial charge in [-0.1, -0.05) is 0 Å². The third kappa shape index (κ3) is 2.90. The molecule has 0 bridgehead atoms. The van der Waals surface area contributed by atoms with Gasteiger partial charge in [0.2, 0.25) is 0 Å². The molecule has 1 aliphatic heterocycles. The predicted molar refractivity (Wildman–Crippen MR) is 72.2 cm³/mol. The molecular formula is C14H18F2N2O2. The van der Waals surface area contributed by atoms with E-state index in [-0.39, 0.29) is 11.3 Å². The highest BCUT2D eigenvalue weighted by atomic mass is 19.1. The Bertz CT molecular complexity index is 489. The van der Waals surface area contributed by atoms with Gasteiger partial charge in [0, 0.05) is 19.1 Å². The quantitative estimate of drug-likeness (QED) is 0.924. The number of hydrogen-bond donors (Lipinski definition) is 1. The molecule has 0 radical (unpaired) electrons. The van der Waals surface area contributed by atoms with Crippen molar-refractivity contribution in [3.05, 3.63) is 29.3 Å². The molecule has 20 heavy (non-hydrogen) atoms. The molecule has 0 spiro atoms. The minimum Gasteiger partial charge on any atom is -0.478 e. The first kappa shape index (κ1) is 14.7. The number of carboxylic acids is 1. The summed E-state index contributed by atoms with van der Waals surface area (Å²) in [5.74, 6) is -2.96. The van der Waals surface area contributed by atoms with Crippen LogP contribution in [0.2, 0.25) is 0 Å². The molecule has 0 unspecified atom stereocenters. The Kier molecular flexibility index (Phi) is 4.23. The summed E-state index contributed by atoms with van der Waals surface area (Å²) in [7, 11) is 3.98. The van der Waals surface area contributed by atoms with Crippen molar-refractivity contribution in [3.63, 3.8) is 0 Å². The van der Waals surface area contributed by atoms with Gasteiger partial charge in [0.15, 0.2) is 0 Å². The van der Waals surface area contributed by atoms with Crippen molar-refractivity contribution in [2.45, 2.75) is 18.9 Å². The van der Waals surface area contributed by atoms with Gasteiger partial charge >= 0.3 is 5.97 Å². The maximum Gasteiger partial charge on any atom is 0.335 e. The molecule has 1 saturated heterocycles. The molecule has 4 nitrogen and oxygen atoms in total. The molecule has 0 atom stereocenters. The number of benzene rings is 1. The Balaban J connectivity index is 2.20. The van der Waals surface area contributed by atoms with Crippen molar-refractivity contribution < 1.29 is 18.7 Å². The van der Waals surface area contributed by atoms with E-state index in [4.69, 9.17) is 5.11 Å². The predicted octanol–water partition coefficient (Wildman–Crippen LogP) is 2.19. The van der Waals surface area contributed by atoms with Gasteiger partial charge in [-0.25, -0.2) is 13.6 Å². The van der Waals surface area contributed by atoms with Gasteiger partial charge in [-0.05, 0) is 39.1 Å². The van der Waals surface area contributed by atoms with Crippen LogP contribution in [-0.2, 0) is 0 Å². The van der Waals surface area contributed by atoms with Crippen molar-refractivity contribution in [2.75, 3.05) is 32.1 Å². The van der Waals surface area contributed by atoms with Gasteiger partial charge in [0.1, 0.15) is 17.3 Å². The number of aromatic carboxylic acids is 1. The summed E-state index contributed by atoms with van der Waals surface area (Å²) in [5, 5.41) is 8.78. The maximum absolute atomic E-state index is 14.0. The molecule has 110 valence electrons. The molecule has 1 aromatic rings. The lowest BCUT2D eigenvalue weighted by Crippen LogP contribution is -2.42. The van der Waals surface area contributed by atoms with Crippen LogP contribution in [0, 0.1) is 11.6 Å². The molecule has 1 N–H and O–H groups in total. The van der Waals surface area contributed by atoms with Crippen LogP contribution < -0.4 is 4.90 Å². The molecule has 1 heterocycles. The van der Waals surface area contributed by atoms with Crippen LogP contribution in [0.3, 0.4) is 0 Å². The van der Waals surface area contributed by atoms with E-state index in [0.717, 1.165) is 25.0 Å². The topological polar surface area (TPSA) is 43.8 Å². The number of carboxylic acid groups (broad SMARTS) is 1. The second kappa shape index (κ2) is 5.75. The van der Waals surface area contributed by atoms with Crippen LogP contribution in [0.4, 0.5) is 14.5 Å². The largest absolute Gasteiger partial charge is 0.478 e. The highest BCUT2D eigenvalue weighted by Gasteiger charge is 2.25. The van der Waals surface area contributed by atoms with Crippen LogP contribution in [0.15, 0.2) is 12.1 Å². The number of halogens is 2. The minimum atomic E-state index is -1.33. The number of rotatable bonds is 3. The summed E-state index contributed by atoms with van der Waals surface area (Å²) in [5.41, 5.74) is -0.487. The number of anilines is 1. The van der Waals surface area contributed by atoms with E-state index in [9.17, 15) is 13.6 Å². The van der Waals surface area contributed by atoms with E-state index in [1.165, 1.54) is 0 Å². The van der Waals surface area contributed by atoms with E-state index in [1.54, 1.807) is 4.90 Å². The van der Waals surface area contributed by atoms with Crippen molar-refractivity contribution in [3.8, 4) is 0 Å². The second-order valence-electron chi connectivity index (χ2n) is 5.28. The van der Waals surface area contributed by atoms with Gasteiger partial charge in [0.05, 0.1) is 5.56 Å². The Morgan fingerprint density at radius 1 is 1.25 bits per heavy atom. The third-order valence-corrected chi connectivity index (χ3v) is 3.77. The second-order valence-corrected chi connectivity index (χ2v) is 5.28. The lowest BCUT2D eigenvalue weighted by molar-refractivity contribution is 0.0695. The van der Waals surface area contributed by atoms with Crippen LogP contribution >= 0.6 is 0 Å². The van der Waals surface area contributed by atoms with Crippen LogP contribution in [0.1, 0.15) is 23.2 Å². The molecule has 6 heteroatoms. The standard InChI is InChI=1S/C14H18F2N2O2/c1-17(2)10-3-5-18(6-4-10)13-11(15)7-9(14(19)20)8-12(13)16/h7-8,10H,3-6H2,1-2H3,(H,19,20). The van der Waals surface area contributed by atoms with E-state index < -0.39 is 17.6 Å². The van der Waals surface area contributed by atoms with Crippen molar-refractivity contribution in [1.29, 1.82) is 0 Å². The summed E-state index contributed by atoms with van der Waals surface area (Å²) in [6.07, 6.45) is 1.65. The van der Waals surface area contributed by atoms with Crippen molar-refractivity contribution in [2.24, 2.45) is 0 Å². The number of hydrogen-bond acceptors (Lipinski definition) is 3. The summed E-state index contributed by atoms with van der Waals surface area (Å²) in [4.78, 5) is 14.5. The summed E-state index contributed by atoms with van der Waals surface area (Å²) in [6, 6.07) is 2.16. The first-order chi connectivity index (χ1) is 9.40. The third-order valence-electron chi connectivity index (χ3n) is 3.77. The summed E-state index contributed by atoms with van der Waals surface area (Å²) >= 11 is 0. The highest BCUT2D eigenvalue weighted by molar-refractivity contribution is 5.88. The molecule has 1 fully saturated rings. The average Bonchev–Trinajstić information content (AvgIpc) is 2.38. The zero-order valence-corrected chi connectivity index (χ0v) is 11.6. The molecule has 0 aromatic heterocycles. The molecule has 2 rings (SSSR count). The number of carbonyl (C=O) groups is 1. The Morgan fingerprint density at radius 2 is 1.75 bits per heavy atom. The molecular weight excluding hydrogens is 266 g/mol. The van der Waals surface area contributed by atoms with Crippen LogP contribution in [0.5, 0.6) is 0 Å². The Morgan fingerprint density at radius 3 is 2.15 bits per heavy atom.